The van der Waals surface area contributed by atoms with Gasteiger partial charge in [-0.2, -0.15) is 0 Å². The Morgan fingerprint density at radius 2 is 1.89 bits per heavy atom. The Hall–Kier alpha value is -1.45. The molecule has 3 rings (SSSR count). The molecule has 1 heterocycles. The summed E-state index contributed by atoms with van der Waals surface area (Å²) in [5, 5.41) is 0.547. The zero-order chi connectivity index (χ0) is 13.1. The van der Waals surface area contributed by atoms with Gasteiger partial charge in [-0.1, -0.05) is 30.3 Å². The van der Waals surface area contributed by atoms with E-state index in [-0.39, 0.29) is 0 Å². The molecule has 0 spiro atoms. The third kappa shape index (κ3) is 3.11. The third-order valence-corrected chi connectivity index (χ3v) is 4.55. The molecule has 0 saturated carbocycles. The normalized spacial score (nSPS) is 17.4. The summed E-state index contributed by atoms with van der Waals surface area (Å²) < 4.78 is 5.81. The summed E-state index contributed by atoms with van der Waals surface area (Å²) in [6.45, 7) is 1.46. The molecule has 0 aliphatic carbocycles. The monoisotopic (exact) mass is 271 g/mol. The van der Waals surface area contributed by atoms with Gasteiger partial charge in [0.05, 0.1) is 13.2 Å². The lowest BCUT2D eigenvalue weighted by Crippen LogP contribution is -2.10. The predicted octanol–water partition coefficient (Wildman–Crippen LogP) is 3.50. The third-order valence-electron chi connectivity index (χ3n) is 3.27. The SMILES string of the molecule is Nc1ccc(COCC2Cc3ccccc3S2)cc1. The fourth-order valence-corrected chi connectivity index (χ4v) is 3.52. The minimum Gasteiger partial charge on any atom is -0.399 e. The largest absolute Gasteiger partial charge is 0.399 e. The standard InChI is InChI=1S/C16H17NOS/c17-14-7-5-12(6-8-14)10-18-11-15-9-13-3-1-2-4-16(13)19-15/h1-8,15H,9-11,17H2. The Bertz CT molecular complexity index is 528. The maximum Gasteiger partial charge on any atom is 0.0717 e. The summed E-state index contributed by atoms with van der Waals surface area (Å²) in [6, 6.07) is 16.5. The van der Waals surface area contributed by atoms with Crippen LogP contribution in [0.2, 0.25) is 0 Å². The van der Waals surface area contributed by atoms with Crippen molar-refractivity contribution in [2.24, 2.45) is 0 Å². The molecule has 2 aromatic carbocycles. The summed E-state index contributed by atoms with van der Waals surface area (Å²) in [5.74, 6) is 0. The van der Waals surface area contributed by atoms with Crippen molar-refractivity contribution in [1.29, 1.82) is 0 Å². The number of ether oxygens (including phenoxy) is 1. The number of nitrogens with two attached hydrogens (primary N) is 1. The van der Waals surface area contributed by atoms with Crippen molar-refractivity contribution in [3.8, 4) is 0 Å². The zero-order valence-electron chi connectivity index (χ0n) is 10.7. The van der Waals surface area contributed by atoms with E-state index in [1.807, 2.05) is 36.0 Å². The molecule has 2 N–H and O–H groups in total. The molecular formula is C16H17NOS. The van der Waals surface area contributed by atoms with Crippen LogP contribution in [0.25, 0.3) is 0 Å². The van der Waals surface area contributed by atoms with Crippen LogP contribution in [-0.2, 0) is 17.8 Å². The van der Waals surface area contributed by atoms with E-state index >= 15 is 0 Å². The van der Waals surface area contributed by atoms with E-state index in [0.29, 0.717) is 11.9 Å². The van der Waals surface area contributed by atoms with Crippen LogP contribution in [0.1, 0.15) is 11.1 Å². The smallest absolute Gasteiger partial charge is 0.0717 e. The van der Waals surface area contributed by atoms with Gasteiger partial charge in [0.25, 0.3) is 0 Å². The van der Waals surface area contributed by atoms with E-state index in [1.165, 1.54) is 16.0 Å². The molecule has 0 bridgehead atoms. The molecular weight excluding hydrogens is 254 g/mol. The Balaban J connectivity index is 1.48. The molecule has 0 aromatic heterocycles. The first-order chi connectivity index (χ1) is 9.31. The quantitative estimate of drug-likeness (QED) is 0.864. The molecule has 2 aromatic rings. The highest BCUT2D eigenvalue weighted by atomic mass is 32.2. The number of rotatable bonds is 4. The average molecular weight is 271 g/mol. The van der Waals surface area contributed by atoms with Crippen LogP contribution in [0.4, 0.5) is 5.69 Å². The Kier molecular flexibility index (Phi) is 3.76. The van der Waals surface area contributed by atoms with Crippen molar-refractivity contribution < 1.29 is 4.74 Å². The second kappa shape index (κ2) is 5.68. The predicted molar refractivity (Wildman–Crippen MR) is 80.3 cm³/mol. The highest BCUT2D eigenvalue weighted by Crippen LogP contribution is 2.36. The van der Waals surface area contributed by atoms with Crippen molar-refractivity contribution in [1.82, 2.24) is 0 Å². The van der Waals surface area contributed by atoms with Crippen molar-refractivity contribution >= 4 is 17.4 Å². The summed E-state index contributed by atoms with van der Waals surface area (Å²) in [4.78, 5) is 1.41. The zero-order valence-corrected chi connectivity index (χ0v) is 11.5. The van der Waals surface area contributed by atoms with Gasteiger partial charge in [-0.15, -0.1) is 11.8 Å². The summed E-state index contributed by atoms with van der Waals surface area (Å²) in [6.07, 6.45) is 1.11. The highest BCUT2D eigenvalue weighted by molar-refractivity contribution is 8.00. The Labute approximate surface area is 118 Å². The summed E-state index contributed by atoms with van der Waals surface area (Å²) >= 11 is 1.93. The van der Waals surface area contributed by atoms with E-state index in [2.05, 4.69) is 24.3 Å². The minimum atomic E-state index is 0.547. The van der Waals surface area contributed by atoms with Gasteiger partial charge < -0.3 is 10.5 Å². The molecule has 1 aliphatic heterocycles. The molecule has 1 unspecified atom stereocenters. The van der Waals surface area contributed by atoms with E-state index in [9.17, 15) is 0 Å². The number of benzene rings is 2. The lowest BCUT2D eigenvalue weighted by atomic mass is 10.1. The van der Waals surface area contributed by atoms with E-state index in [1.54, 1.807) is 0 Å². The maximum atomic E-state index is 5.81. The number of nitrogen functional groups attached to an aromatic ring is 1. The Morgan fingerprint density at radius 1 is 1.11 bits per heavy atom. The number of hydrogen-bond donors (Lipinski definition) is 1. The van der Waals surface area contributed by atoms with Crippen molar-refractivity contribution in [3.05, 3.63) is 59.7 Å². The second-order valence-corrected chi connectivity index (χ2v) is 6.15. The molecule has 2 nitrogen and oxygen atoms in total. The van der Waals surface area contributed by atoms with E-state index in [4.69, 9.17) is 10.5 Å². The van der Waals surface area contributed by atoms with Crippen molar-refractivity contribution in [3.63, 3.8) is 0 Å². The van der Waals surface area contributed by atoms with E-state index in [0.717, 1.165) is 18.7 Å². The topological polar surface area (TPSA) is 35.2 Å². The van der Waals surface area contributed by atoms with Crippen LogP contribution in [0.3, 0.4) is 0 Å². The minimum absolute atomic E-state index is 0.547. The van der Waals surface area contributed by atoms with Crippen LogP contribution in [0, 0.1) is 0 Å². The molecule has 0 saturated heterocycles. The first-order valence-electron chi connectivity index (χ1n) is 6.48. The fraction of sp³-hybridized carbons (Fsp3) is 0.250. The molecule has 1 atom stereocenters. The lowest BCUT2D eigenvalue weighted by Gasteiger charge is -2.09. The van der Waals surface area contributed by atoms with Gasteiger partial charge in [-0.05, 0) is 35.7 Å². The first-order valence-corrected chi connectivity index (χ1v) is 7.36. The van der Waals surface area contributed by atoms with Gasteiger partial charge in [-0.25, -0.2) is 0 Å². The maximum absolute atomic E-state index is 5.81. The summed E-state index contributed by atoms with van der Waals surface area (Å²) in [5.41, 5.74) is 9.08. The fourth-order valence-electron chi connectivity index (χ4n) is 2.27. The Morgan fingerprint density at radius 3 is 2.68 bits per heavy atom. The van der Waals surface area contributed by atoms with Crippen LogP contribution in [0.15, 0.2) is 53.4 Å². The second-order valence-electron chi connectivity index (χ2n) is 4.81. The molecule has 98 valence electrons. The summed E-state index contributed by atoms with van der Waals surface area (Å²) in [7, 11) is 0. The molecule has 0 radical (unpaired) electrons. The van der Waals surface area contributed by atoms with Crippen LogP contribution < -0.4 is 5.73 Å². The lowest BCUT2D eigenvalue weighted by molar-refractivity contribution is 0.122. The first kappa shape index (κ1) is 12.6. The van der Waals surface area contributed by atoms with Gasteiger partial charge in [-0.3, -0.25) is 0 Å². The van der Waals surface area contributed by atoms with Gasteiger partial charge in [0.15, 0.2) is 0 Å². The van der Waals surface area contributed by atoms with Crippen molar-refractivity contribution in [2.45, 2.75) is 23.2 Å². The van der Waals surface area contributed by atoms with Crippen LogP contribution in [0.5, 0.6) is 0 Å². The van der Waals surface area contributed by atoms with Gasteiger partial charge in [0.2, 0.25) is 0 Å². The van der Waals surface area contributed by atoms with Gasteiger partial charge in [0, 0.05) is 15.8 Å². The number of fused-ring (bicyclic) bond motifs is 1. The molecule has 19 heavy (non-hydrogen) atoms. The molecule has 3 heteroatoms. The van der Waals surface area contributed by atoms with Crippen LogP contribution in [-0.4, -0.2) is 11.9 Å². The average Bonchev–Trinajstić information content (AvgIpc) is 2.83. The van der Waals surface area contributed by atoms with Crippen LogP contribution >= 0.6 is 11.8 Å². The number of hydrogen-bond acceptors (Lipinski definition) is 3. The van der Waals surface area contributed by atoms with Crippen molar-refractivity contribution in [2.75, 3.05) is 12.3 Å². The highest BCUT2D eigenvalue weighted by Gasteiger charge is 2.21. The van der Waals surface area contributed by atoms with Gasteiger partial charge >= 0.3 is 0 Å². The van der Waals surface area contributed by atoms with Gasteiger partial charge in [0.1, 0.15) is 0 Å². The molecule has 1 aliphatic rings. The number of anilines is 1. The number of thioether (sulfide) groups is 1. The molecule has 0 fully saturated rings. The van der Waals surface area contributed by atoms with E-state index < -0.39 is 0 Å². The molecule has 0 amide bonds.